The Labute approximate surface area is 93.6 Å². The van der Waals surface area contributed by atoms with Crippen molar-refractivity contribution in [2.75, 3.05) is 26.2 Å². The molecule has 2 rings (SSSR count). The van der Waals surface area contributed by atoms with Crippen LogP contribution in [0.1, 0.15) is 0 Å². The number of hydrogen-bond acceptors (Lipinski definition) is 3. The number of aromatic hydroxyl groups is 1. The summed E-state index contributed by atoms with van der Waals surface area (Å²) in [6, 6.07) is 6.57. The molecule has 1 fully saturated rings. The van der Waals surface area contributed by atoms with Crippen LogP contribution in [0.15, 0.2) is 24.3 Å². The minimum atomic E-state index is -0.0421. The molecule has 0 radical (unpaired) electrons. The monoisotopic (exact) mass is 222 g/mol. The van der Waals surface area contributed by atoms with Crippen molar-refractivity contribution in [2.24, 2.45) is 0 Å². The topological polar surface area (TPSA) is 61.8 Å². The lowest BCUT2D eigenvalue weighted by atomic mass is 10.3. The normalized spacial score (nSPS) is 15.0. The van der Waals surface area contributed by atoms with Crippen molar-refractivity contribution in [2.45, 2.75) is 0 Å². The summed E-state index contributed by atoms with van der Waals surface area (Å²) in [4.78, 5) is 12.9. The van der Waals surface area contributed by atoms with Gasteiger partial charge >= 0.3 is 6.03 Å². The average molecular weight is 222 g/mol. The van der Waals surface area contributed by atoms with Gasteiger partial charge in [-0.3, -0.25) is 0 Å². The van der Waals surface area contributed by atoms with E-state index in [9.17, 15) is 9.90 Å². The maximum absolute atomic E-state index is 11.2. The Bertz CT molecular complexity index is 381. The Hall–Kier alpha value is -1.91. The first-order valence-corrected chi connectivity index (χ1v) is 5.20. The smallest absolute Gasteiger partial charge is 0.317 e. The van der Waals surface area contributed by atoms with Gasteiger partial charge in [0.25, 0.3) is 0 Å². The quantitative estimate of drug-likeness (QED) is 0.792. The van der Waals surface area contributed by atoms with E-state index in [1.807, 2.05) is 0 Å². The van der Waals surface area contributed by atoms with Crippen molar-refractivity contribution < 1.29 is 14.6 Å². The predicted molar refractivity (Wildman–Crippen MR) is 58.6 cm³/mol. The SMILES string of the molecule is O=C1NCCN1CCOc1cccc(O)c1. The first-order valence-electron chi connectivity index (χ1n) is 5.20. The minimum absolute atomic E-state index is 0.0421. The third-order valence-electron chi connectivity index (χ3n) is 2.39. The molecule has 86 valence electrons. The molecule has 0 unspecified atom stereocenters. The highest BCUT2D eigenvalue weighted by molar-refractivity contribution is 5.76. The van der Waals surface area contributed by atoms with Crippen LogP contribution in [-0.2, 0) is 0 Å². The fourth-order valence-electron chi connectivity index (χ4n) is 1.57. The lowest BCUT2D eigenvalue weighted by Gasteiger charge is -2.14. The van der Waals surface area contributed by atoms with Crippen molar-refractivity contribution in [1.29, 1.82) is 0 Å². The first-order chi connectivity index (χ1) is 7.75. The molecule has 0 bridgehead atoms. The van der Waals surface area contributed by atoms with Crippen LogP contribution in [0.3, 0.4) is 0 Å². The molecule has 0 atom stereocenters. The van der Waals surface area contributed by atoms with Gasteiger partial charge in [0, 0.05) is 19.2 Å². The summed E-state index contributed by atoms with van der Waals surface area (Å²) in [5, 5.41) is 11.9. The maximum atomic E-state index is 11.2. The molecule has 5 nitrogen and oxygen atoms in total. The maximum Gasteiger partial charge on any atom is 0.317 e. The van der Waals surface area contributed by atoms with Crippen LogP contribution >= 0.6 is 0 Å². The number of ether oxygens (including phenoxy) is 1. The van der Waals surface area contributed by atoms with Crippen LogP contribution < -0.4 is 10.1 Å². The minimum Gasteiger partial charge on any atom is -0.508 e. The number of rotatable bonds is 4. The Morgan fingerprint density at radius 3 is 3.06 bits per heavy atom. The van der Waals surface area contributed by atoms with E-state index in [2.05, 4.69) is 5.32 Å². The number of hydrogen-bond donors (Lipinski definition) is 2. The van der Waals surface area contributed by atoms with Gasteiger partial charge in [0.2, 0.25) is 0 Å². The molecule has 1 aromatic rings. The van der Waals surface area contributed by atoms with Crippen LogP contribution in [0.4, 0.5) is 4.79 Å². The molecule has 1 saturated heterocycles. The number of phenolic OH excluding ortho intramolecular Hbond substituents is 1. The first kappa shape index (κ1) is 10.6. The molecule has 1 aliphatic heterocycles. The summed E-state index contributed by atoms with van der Waals surface area (Å²) < 4.78 is 5.42. The molecule has 5 heteroatoms. The molecule has 0 saturated carbocycles. The second-order valence-corrected chi connectivity index (χ2v) is 3.56. The Morgan fingerprint density at radius 1 is 1.50 bits per heavy atom. The number of phenols is 1. The molecule has 0 aliphatic carbocycles. The van der Waals surface area contributed by atoms with Gasteiger partial charge < -0.3 is 20.1 Å². The summed E-state index contributed by atoms with van der Waals surface area (Å²) in [5.74, 6) is 0.788. The number of benzene rings is 1. The second-order valence-electron chi connectivity index (χ2n) is 3.56. The highest BCUT2D eigenvalue weighted by Gasteiger charge is 2.18. The van der Waals surface area contributed by atoms with E-state index >= 15 is 0 Å². The van der Waals surface area contributed by atoms with Crippen LogP contribution in [0, 0.1) is 0 Å². The van der Waals surface area contributed by atoms with Crippen molar-refractivity contribution in [3.63, 3.8) is 0 Å². The molecule has 2 N–H and O–H groups in total. The molecule has 2 amide bonds. The van der Waals surface area contributed by atoms with Crippen LogP contribution in [0.5, 0.6) is 11.5 Å². The number of nitrogens with one attached hydrogen (secondary N) is 1. The Kier molecular flexibility index (Phi) is 3.14. The number of urea groups is 1. The van der Waals surface area contributed by atoms with Crippen molar-refractivity contribution in [1.82, 2.24) is 10.2 Å². The number of nitrogens with zero attached hydrogens (tertiary/aromatic N) is 1. The van der Waals surface area contributed by atoms with Crippen molar-refractivity contribution >= 4 is 6.03 Å². The lowest BCUT2D eigenvalue weighted by Crippen LogP contribution is -2.31. The van der Waals surface area contributed by atoms with E-state index < -0.39 is 0 Å². The third kappa shape index (κ3) is 2.56. The highest BCUT2D eigenvalue weighted by Crippen LogP contribution is 2.17. The standard InChI is InChI=1S/C11H14N2O3/c14-9-2-1-3-10(8-9)16-7-6-13-5-4-12-11(13)15/h1-3,8,14H,4-7H2,(H,12,15). The van der Waals surface area contributed by atoms with Gasteiger partial charge in [0.05, 0.1) is 6.54 Å². The van der Waals surface area contributed by atoms with E-state index in [1.165, 1.54) is 0 Å². The van der Waals surface area contributed by atoms with Gasteiger partial charge in [-0.1, -0.05) is 6.07 Å². The lowest BCUT2D eigenvalue weighted by molar-refractivity contribution is 0.202. The predicted octanol–water partition coefficient (Wildman–Crippen LogP) is 0.796. The Morgan fingerprint density at radius 2 is 2.38 bits per heavy atom. The second kappa shape index (κ2) is 4.74. The largest absolute Gasteiger partial charge is 0.508 e. The van der Waals surface area contributed by atoms with E-state index in [0.29, 0.717) is 25.4 Å². The van der Waals surface area contributed by atoms with Crippen molar-refractivity contribution in [3.8, 4) is 11.5 Å². The number of carbonyl (C=O) groups excluding carboxylic acids is 1. The van der Waals surface area contributed by atoms with Crippen molar-refractivity contribution in [3.05, 3.63) is 24.3 Å². The van der Waals surface area contributed by atoms with Gasteiger partial charge in [0.1, 0.15) is 18.1 Å². The summed E-state index contributed by atoms with van der Waals surface area (Å²) >= 11 is 0. The summed E-state index contributed by atoms with van der Waals surface area (Å²) in [5.41, 5.74) is 0. The molecule has 16 heavy (non-hydrogen) atoms. The van der Waals surface area contributed by atoms with Gasteiger partial charge in [-0.05, 0) is 12.1 Å². The van der Waals surface area contributed by atoms with E-state index in [1.54, 1.807) is 29.2 Å². The van der Waals surface area contributed by atoms with E-state index in [0.717, 1.165) is 6.54 Å². The highest BCUT2D eigenvalue weighted by atomic mass is 16.5. The number of carbonyl (C=O) groups is 1. The van der Waals surface area contributed by atoms with E-state index in [4.69, 9.17) is 4.74 Å². The molecule has 1 heterocycles. The zero-order valence-corrected chi connectivity index (χ0v) is 8.85. The van der Waals surface area contributed by atoms with Crippen LogP contribution in [0.2, 0.25) is 0 Å². The van der Waals surface area contributed by atoms with Gasteiger partial charge in [-0.2, -0.15) is 0 Å². The summed E-state index contributed by atoms with van der Waals surface area (Å²) in [6.07, 6.45) is 0. The number of amides is 2. The fraction of sp³-hybridized carbons (Fsp3) is 0.364. The van der Waals surface area contributed by atoms with Gasteiger partial charge in [0.15, 0.2) is 0 Å². The van der Waals surface area contributed by atoms with Gasteiger partial charge in [-0.15, -0.1) is 0 Å². The van der Waals surface area contributed by atoms with Gasteiger partial charge in [-0.25, -0.2) is 4.79 Å². The molecule has 1 aliphatic rings. The van der Waals surface area contributed by atoms with Crippen LogP contribution in [0.25, 0.3) is 0 Å². The molecule has 0 spiro atoms. The molecule has 1 aromatic carbocycles. The third-order valence-corrected chi connectivity index (χ3v) is 2.39. The Balaban J connectivity index is 1.77. The molecule has 0 aromatic heterocycles. The summed E-state index contributed by atoms with van der Waals surface area (Å²) in [6.45, 7) is 2.41. The molecular formula is C11H14N2O3. The average Bonchev–Trinajstić information content (AvgIpc) is 2.65. The zero-order chi connectivity index (χ0) is 11.4. The molecular weight excluding hydrogens is 208 g/mol. The zero-order valence-electron chi connectivity index (χ0n) is 8.85. The van der Waals surface area contributed by atoms with E-state index in [-0.39, 0.29) is 11.8 Å². The fourth-order valence-corrected chi connectivity index (χ4v) is 1.57. The summed E-state index contributed by atoms with van der Waals surface area (Å²) in [7, 11) is 0. The van der Waals surface area contributed by atoms with Crippen LogP contribution in [-0.4, -0.2) is 42.3 Å².